The Hall–Kier alpha value is -3.26. The number of amides is 1. The van der Waals surface area contributed by atoms with E-state index in [0.717, 1.165) is 61.5 Å². The van der Waals surface area contributed by atoms with Gasteiger partial charge in [-0.25, -0.2) is 9.97 Å². The van der Waals surface area contributed by atoms with E-state index in [1.165, 1.54) is 0 Å². The third kappa shape index (κ3) is 8.15. The van der Waals surface area contributed by atoms with E-state index in [1.807, 2.05) is 64.1 Å². The van der Waals surface area contributed by atoms with Gasteiger partial charge in [0.05, 0.1) is 60.0 Å². The first-order valence-corrected chi connectivity index (χ1v) is 19.8. The lowest BCUT2D eigenvalue weighted by atomic mass is 9.82. The maximum atomic E-state index is 13.8. The number of nitrogens with one attached hydrogen (secondary N) is 1. The van der Waals surface area contributed by atoms with Crippen LogP contribution in [0.25, 0.3) is 11.0 Å². The SMILES string of the molecule is CCC(C)(COC(C)(C)CN)NC(=O)c1ccc2nc(CN3CCC(c4cccc(OCC56CCC(C(F)(F)F)(CC5)C6)n4)CC3)n(CC3CCO3)c2c1. The van der Waals surface area contributed by atoms with Crippen LogP contribution < -0.4 is 15.8 Å². The molecule has 4 fully saturated rings. The number of imidazole rings is 1. The molecule has 3 aromatic rings. The van der Waals surface area contributed by atoms with Crippen LogP contribution in [-0.4, -0.2) is 88.2 Å². The van der Waals surface area contributed by atoms with Crippen LogP contribution in [0.15, 0.2) is 36.4 Å². The molecular formula is C41H57F3N6O4. The monoisotopic (exact) mass is 754 g/mol. The van der Waals surface area contributed by atoms with Crippen molar-refractivity contribution in [3.05, 3.63) is 53.5 Å². The van der Waals surface area contributed by atoms with E-state index in [-0.39, 0.29) is 37.2 Å². The predicted molar refractivity (Wildman–Crippen MR) is 200 cm³/mol. The maximum Gasteiger partial charge on any atom is 0.394 e. The average molecular weight is 755 g/mol. The number of pyridine rings is 1. The zero-order valence-corrected chi connectivity index (χ0v) is 32.3. The number of benzene rings is 1. The number of nitrogens with zero attached hydrogens (tertiary/aromatic N) is 4. The second kappa shape index (κ2) is 15.0. The first kappa shape index (κ1) is 39.0. The van der Waals surface area contributed by atoms with Crippen LogP contribution in [0.4, 0.5) is 13.2 Å². The van der Waals surface area contributed by atoms with Crippen molar-refractivity contribution >= 4 is 16.9 Å². The lowest BCUT2D eigenvalue weighted by Gasteiger charge is -2.34. The molecule has 2 aromatic heterocycles. The molecule has 10 nitrogen and oxygen atoms in total. The number of piperidine rings is 1. The number of rotatable bonds is 15. The molecule has 13 heteroatoms. The van der Waals surface area contributed by atoms with Crippen molar-refractivity contribution in [3.8, 4) is 5.88 Å². The number of hydrogen-bond acceptors (Lipinski definition) is 8. The van der Waals surface area contributed by atoms with Crippen LogP contribution in [-0.2, 0) is 22.6 Å². The number of carbonyl (C=O) groups is 1. The van der Waals surface area contributed by atoms with Crippen LogP contribution in [0.2, 0.25) is 0 Å². The van der Waals surface area contributed by atoms with Gasteiger partial charge in [0.15, 0.2) is 0 Å². The number of nitrogens with two attached hydrogens (primary N) is 1. The Bertz CT molecular complexity index is 1790. The van der Waals surface area contributed by atoms with Gasteiger partial charge in [-0.3, -0.25) is 9.69 Å². The lowest BCUT2D eigenvalue weighted by Crippen LogP contribution is -2.51. The maximum absolute atomic E-state index is 13.8. The summed E-state index contributed by atoms with van der Waals surface area (Å²) in [5, 5.41) is 3.21. The molecule has 2 saturated carbocycles. The quantitative estimate of drug-likeness (QED) is 0.168. The summed E-state index contributed by atoms with van der Waals surface area (Å²) in [6.07, 6.45) is 1.21. The average Bonchev–Trinajstić information content (AvgIpc) is 3.83. The standard InChI is InChI=1S/C41H57F3N6O4/c1-5-38(4,26-54-37(2,3)25-45)48-36(51)29-9-10-32-33(21-29)50(22-30-13-20-52-30)34(46-32)23-49-18-11-28(12-19-49)31-7-6-8-35(47-31)53-27-39-14-16-40(24-39,17-15-39)41(42,43)44/h6-10,21,28,30H,5,11-20,22-27,45H2,1-4H3,(H,48,51). The second-order valence-corrected chi connectivity index (χ2v) is 17.4. The number of halogens is 3. The van der Waals surface area contributed by atoms with Gasteiger partial charge < -0.3 is 29.8 Å². The fourth-order valence-corrected chi connectivity index (χ4v) is 8.72. The van der Waals surface area contributed by atoms with E-state index in [9.17, 15) is 18.0 Å². The van der Waals surface area contributed by atoms with Crippen molar-refractivity contribution in [2.75, 3.05) is 39.5 Å². The largest absolute Gasteiger partial charge is 0.477 e. The van der Waals surface area contributed by atoms with E-state index in [2.05, 4.69) is 14.8 Å². The topological polar surface area (TPSA) is 117 Å². The minimum atomic E-state index is -4.15. The molecule has 4 aliphatic rings. The Kier molecular flexibility index (Phi) is 10.8. The highest BCUT2D eigenvalue weighted by Gasteiger charge is 2.66. The number of carbonyl (C=O) groups excluding carboxylic acids is 1. The summed E-state index contributed by atoms with van der Waals surface area (Å²) in [6.45, 7) is 12.8. The van der Waals surface area contributed by atoms with Crippen LogP contribution >= 0.6 is 0 Å². The normalized spacial score (nSPS) is 26.2. The van der Waals surface area contributed by atoms with Crippen molar-refractivity contribution in [1.82, 2.24) is 24.8 Å². The molecule has 4 heterocycles. The molecule has 2 atom stereocenters. The third-order valence-corrected chi connectivity index (χ3v) is 13.0. The minimum Gasteiger partial charge on any atom is -0.477 e. The van der Waals surface area contributed by atoms with Crippen LogP contribution in [0.5, 0.6) is 5.88 Å². The summed E-state index contributed by atoms with van der Waals surface area (Å²) in [7, 11) is 0. The van der Waals surface area contributed by atoms with Crippen molar-refractivity contribution in [1.29, 1.82) is 0 Å². The molecule has 296 valence electrons. The Morgan fingerprint density at radius 1 is 1.06 bits per heavy atom. The first-order chi connectivity index (χ1) is 25.6. The number of fused-ring (bicyclic) bond motifs is 3. The predicted octanol–water partition coefficient (Wildman–Crippen LogP) is 7.14. The van der Waals surface area contributed by atoms with Gasteiger partial charge in [-0.2, -0.15) is 13.2 Å². The zero-order valence-electron chi connectivity index (χ0n) is 32.3. The summed E-state index contributed by atoms with van der Waals surface area (Å²) in [5.74, 6) is 1.56. The van der Waals surface area contributed by atoms with E-state index < -0.39 is 28.1 Å². The molecule has 2 unspecified atom stereocenters. The highest BCUT2D eigenvalue weighted by atomic mass is 19.4. The molecule has 7 rings (SSSR count). The highest BCUT2D eigenvalue weighted by Crippen LogP contribution is 2.67. The van der Waals surface area contributed by atoms with Crippen LogP contribution in [0, 0.1) is 10.8 Å². The van der Waals surface area contributed by atoms with Gasteiger partial charge in [0.2, 0.25) is 5.88 Å². The summed E-state index contributed by atoms with van der Waals surface area (Å²) < 4.78 is 61.6. The Balaban J connectivity index is 0.986. The molecule has 54 heavy (non-hydrogen) atoms. The summed E-state index contributed by atoms with van der Waals surface area (Å²) in [4.78, 5) is 25.9. The van der Waals surface area contributed by atoms with Crippen molar-refractivity contribution < 1.29 is 32.2 Å². The van der Waals surface area contributed by atoms with Crippen LogP contribution in [0.3, 0.4) is 0 Å². The minimum absolute atomic E-state index is 0.116. The summed E-state index contributed by atoms with van der Waals surface area (Å²) in [6, 6.07) is 11.5. The second-order valence-electron chi connectivity index (χ2n) is 17.4. The number of likely N-dealkylation sites (tertiary alicyclic amines) is 1. The molecule has 0 radical (unpaired) electrons. The van der Waals surface area contributed by atoms with Crippen molar-refractivity contribution in [2.45, 2.75) is 128 Å². The lowest BCUT2D eigenvalue weighted by molar-refractivity contribution is -0.220. The third-order valence-electron chi connectivity index (χ3n) is 13.0. The molecule has 0 spiro atoms. The zero-order chi connectivity index (χ0) is 38.4. The highest BCUT2D eigenvalue weighted by molar-refractivity contribution is 5.98. The van der Waals surface area contributed by atoms with Gasteiger partial charge in [0.25, 0.3) is 5.91 Å². The van der Waals surface area contributed by atoms with E-state index in [1.54, 1.807) is 0 Å². The van der Waals surface area contributed by atoms with Crippen LogP contribution in [0.1, 0.15) is 113 Å². The Morgan fingerprint density at radius 2 is 1.80 bits per heavy atom. The number of alkyl halides is 3. The van der Waals surface area contributed by atoms with E-state index >= 15 is 0 Å². The molecule has 2 saturated heterocycles. The fourth-order valence-electron chi connectivity index (χ4n) is 8.72. The van der Waals surface area contributed by atoms with E-state index in [4.69, 9.17) is 29.9 Å². The molecule has 2 bridgehead atoms. The molecular weight excluding hydrogens is 697 g/mol. The van der Waals surface area contributed by atoms with Gasteiger partial charge in [-0.1, -0.05) is 13.0 Å². The Labute approximate surface area is 316 Å². The van der Waals surface area contributed by atoms with Gasteiger partial charge in [0.1, 0.15) is 5.82 Å². The van der Waals surface area contributed by atoms with Gasteiger partial charge in [-0.15, -0.1) is 0 Å². The molecule has 1 amide bonds. The fraction of sp³-hybridized carbons (Fsp3) is 0.683. The Morgan fingerprint density at radius 3 is 2.43 bits per heavy atom. The number of ether oxygens (including phenoxy) is 3. The van der Waals surface area contributed by atoms with Crippen molar-refractivity contribution in [3.63, 3.8) is 0 Å². The number of aromatic nitrogens is 3. The summed E-state index contributed by atoms with van der Waals surface area (Å²) >= 11 is 0. The number of hydrogen-bond donors (Lipinski definition) is 2. The van der Waals surface area contributed by atoms with Gasteiger partial charge >= 0.3 is 6.18 Å². The first-order valence-electron chi connectivity index (χ1n) is 19.8. The van der Waals surface area contributed by atoms with Crippen molar-refractivity contribution in [2.24, 2.45) is 16.6 Å². The molecule has 1 aromatic carbocycles. The smallest absolute Gasteiger partial charge is 0.394 e. The summed E-state index contributed by atoms with van der Waals surface area (Å²) in [5.41, 5.74) is 6.21. The van der Waals surface area contributed by atoms with Gasteiger partial charge in [0, 0.05) is 41.8 Å². The molecule has 3 N–H and O–H groups in total. The van der Waals surface area contributed by atoms with Gasteiger partial charge in [-0.05, 0) is 116 Å². The van der Waals surface area contributed by atoms with E-state index in [0.29, 0.717) is 63.6 Å². The molecule has 2 aliphatic heterocycles. The molecule has 2 aliphatic carbocycles.